The van der Waals surface area contributed by atoms with E-state index in [0.29, 0.717) is 21.7 Å². The summed E-state index contributed by atoms with van der Waals surface area (Å²) in [7, 11) is 0. The number of amides is 2. The van der Waals surface area contributed by atoms with Crippen molar-refractivity contribution in [1.29, 1.82) is 0 Å². The molecule has 0 fully saturated rings. The van der Waals surface area contributed by atoms with Crippen molar-refractivity contribution in [2.75, 3.05) is 17.2 Å². The van der Waals surface area contributed by atoms with Crippen LogP contribution in [-0.4, -0.2) is 48.2 Å². The van der Waals surface area contributed by atoms with E-state index in [0.717, 1.165) is 47.4 Å². The standard InChI is InChI=1S/C30H24N8O2S/c39-27(37-30-34-22-10-12-38(17-25(22)41-30)16-18-5-4-11-31-14-18)21-8-3-9-23-26(21)35-29(33-23)36-28(40)24-13-19-6-1-2-7-20(19)15-32-24/h1-9,11,13-15H,10,12,16-17H2,(H,34,37,39)(H2,33,35,36,40). The van der Waals surface area contributed by atoms with Crippen molar-refractivity contribution >= 4 is 56.0 Å². The van der Waals surface area contributed by atoms with E-state index in [2.05, 4.69) is 41.5 Å². The lowest BCUT2D eigenvalue weighted by Crippen LogP contribution is -2.29. The van der Waals surface area contributed by atoms with Gasteiger partial charge < -0.3 is 4.98 Å². The number of anilines is 2. The molecule has 41 heavy (non-hydrogen) atoms. The second kappa shape index (κ2) is 10.5. The number of nitrogens with one attached hydrogen (secondary N) is 3. The van der Waals surface area contributed by atoms with E-state index < -0.39 is 5.91 Å². The molecule has 10 nitrogen and oxygen atoms in total. The van der Waals surface area contributed by atoms with Crippen LogP contribution in [-0.2, 0) is 19.5 Å². The Balaban J connectivity index is 1.06. The summed E-state index contributed by atoms with van der Waals surface area (Å²) in [4.78, 5) is 50.5. The quantitative estimate of drug-likeness (QED) is 0.261. The first kappa shape index (κ1) is 25.0. The van der Waals surface area contributed by atoms with Crippen molar-refractivity contribution in [3.05, 3.63) is 107 Å². The highest BCUT2D eigenvalue weighted by atomic mass is 32.1. The highest BCUT2D eigenvalue weighted by molar-refractivity contribution is 7.15. The van der Waals surface area contributed by atoms with Gasteiger partial charge in [0.15, 0.2) is 5.13 Å². The third-order valence-electron chi connectivity index (χ3n) is 7.01. The maximum absolute atomic E-state index is 13.3. The zero-order chi connectivity index (χ0) is 27.8. The zero-order valence-corrected chi connectivity index (χ0v) is 22.6. The normalized spacial score (nSPS) is 13.3. The Morgan fingerprint density at radius 3 is 2.73 bits per heavy atom. The molecular formula is C30H24N8O2S. The topological polar surface area (TPSA) is 129 Å². The minimum atomic E-state index is -0.397. The van der Waals surface area contributed by atoms with Crippen LogP contribution in [0, 0.1) is 0 Å². The molecule has 0 saturated heterocycles. The Morgan fingerprint density at radius 1 is 0.951 bits per heavy atom. The average molecular weight is 561 g/mol. The van der Waals surface area contributed by atoms with E-state index in [-0.39, 0.29) is 17.5 Å². The van der Waals surface area contributed by atoms with Crippen molar-refractivity contribution in [1.82, 2.24) is 29.8 Å². The molecule has 0 radical (unpaired) electrons. The van der Waals surface area contributed by atoms with Crippen molar-refractivity contribution in [2.24, 2.45) is 0 Å². The summed E-state index contributed by atoms with van der Waals surface area (Å²) in [5.74, 6) is -0.472. The average Bonchev–Trinajstić information content (AvgIpc) is 3.59. The third-order valence-corrected chi connectivity index (χ3v) is 8.01. The molecule has 1 aliphatic heterocycles. The fourth-order valence-electron chi connectivity index (χ4n) is 5.00. The lowest BCUT2D eigenvalue weighted by molar-refractivity contribution is 0.101. The number of carbonyl (C=O) groups excluding carboxylic acids is 2. The number of nitrogens with zero attached hydrogens (tertiary/aromatic N) is 5. The molecule has 11 heteroatoms. The molecule has 0 saturated carbocycles. The summed E-state index contributed by atoms with van der Waals surface area (Å²) < 4.78 is 0. The second-order valence-corrected chi connectivity index (χ2v) is 10.9. The largest absolute Gasteiger partial charge is 0.324 e. The fraction of sp³-hybridized carbons (Fsp3) is 0.133. The summed E-state index contributed by atoms with van der Waals surface area (Å²) in [5.41, 5.74) is 3.94. The molecule has 0 spiro atoms. The van der Waals surface area contributed by atoms with Gasteiger partial charge in [-0.2, -0.15) is 0 Å². The number of aromatic nitrogens is 5. The molecular weight excluding hydrogens is 536 g/mol. The number of hydrogen-bond acceptors (Lipinski definition) is 8. The van der Waals surface area contributed by atoms with Gasteiger partial charge in [-0.05, 0) is 35.2 Å². The molecule has 0 aliphatic carbocycles. The third kappa shape index (κ3) is 5.15. The predicted molar refractivity (Wildman–Crippen MR) is 158 cm³/mol. The number of para-hydroxylation sites is 1. The molecule has 0 atom stereocenters. The number of thiazole rings is 1. The number of aromatic amines is 1. The number of pyridine rings is 2. The lowest BCUT2D eigenvalue weighted by Gasteiger charge is -2.25. The van der Waals surface area contributed by atoms with Crippen molar-refractivity contribution in [2.45, 2.75) is 19.5 Å². The van der Waals surface area contributed by atoms with Gasteiger partial charge in [-0.25, -0.2) is 9.97 Å². The zero-order valence-electron chi connectivity index (χ0n) is 21.8. The first-order valence-corrected chi connectivity index (χ1v) is 14.0. The molecule has 4 aromatic heterocycles. The van der Waals surface area contributed by atoms with Crippen LogP contribution in [0.4, 0.5) is 11.1 Å². The van der Waals surface area contributed by atoms with Gasteiger partial charge in [0, 0.05) is 54.9 Å². The number of rotatable bonds is 6. The number of fused-ring (bicyclic) bond motifs is 3. The SMILES string of the molecule is O=C(Nc1nc2c(C(=O)Nc3nc4c(s3)CN(Cc3cccnc3)CC4)cccc2[nH]1)c1cc2ccccc2cn1. The van der Waals surface area contributed by atoms with Crippen LogP contribution >= 0.6 is 11.3 Å². The van der Waals surface area contributed by atoms with Crippen molar-refractivity contribution in [3.63, 3.8) is 0 Å². The van der Waals surface area contributed by atoms with Crippen LogP contribution in [0.15, 0.2) is 79.3 Å². The Morgan fingerprint density at radius 2 is 1.85 bits per heavy atom. The van der Waals surface area contributed by atoms with Crippen LogP contribution in [0.3, 0.4) is 0 Å². The van der Waals surface area contributed by atoms with Gasteiger partial charge in [0.05, 0.1) is 16.8 Å². The molecule has 2 amide bonds. The van der Waals surface area contributed by atoms with Gasteiger partial charge in [-0.1, -0.05) is 36.4 Å². The molecule has 0 unspecified atom stereocenters. The van der Waals surface area contributed by atoms with Gasteiger partial charge in [-0.15, -0.1) is 11.3 Å². The fourth-order valence-corrected chi connectivity index (χ4v) is 6.05. The van der Waals surface area contributed by atoms with Crippen molar-refractivity contribution in [3.8, 4) is 0 Å². The van der Waals surface area contributed by atoms with Gasteiger partial charge in [-0.3, -0.25) is 35.1 Å². The Hall–Kier alpha value is -5.00. The summed E-state index contributed by atoms with van der Waals surface area (Å²) in [5, 5.41) is 8.15. The molecule has 0 bridgehead atoms. The van der Waals surface area contributed by atoms with Crippen LogP contribution in [0.25, 0.3) is 21.8 Å². The summed E-state index contributed by atoms with van der Waals surface area (Å²) >= 11 is 1.50. The smallest absolute Gasteiger partial charge is 0.276 e. The van der Waals surface area contributed by atoms with E-state index in [9.17, 15) is 9.59 Å². The highest BCUT2D eigenvalue weighted by Gasteiger charge is 2.23. The number of carbonyl (C=O) groups is 2. The number of H-pyrrole nitrogens is 1. The Labute approximate surface area is 238 Å². The second-order valence-electron chi connectivity index (χ2n) is 9.82. The van der Waals surface area contributed by atoms with Crippen molar-refractivity contribution < 1.29 is 9.59 Å². The molecule has 2 aromatic carbocycles. The molecule has 202 valence electrons. The summed E-state index contributed by atoms with van der Waals surface area (Å²) in [6.45, 7) is 2.50. The van der Waals surface area contributed by atoms with Gasteiger partial charge in [0.25, 0.3) is 11.8 Å². The summed E-state index contributed by atoms with van der Waals surface area (Å²) in [6.07, 6.45) is 6.16. The van der Waals surface area contributed by atoms with E-state index >= 15 is 0 Å². The van der Waals surface area contributed by atoms with Crippen LogP contribution < -0.4 is 10.6 Å². The molecule has 3 N–H and O–H groups in total. The molecule has 5 heterocycles. The monoisotopic (exact) mass is 560 g/mol. The molecule has 7 rings (SSSR count). The van der Waals surface area contributed by atoms with Crippen LogP contribution in [0.1, 0.15) is 37.0 Å². The molecule has 1 aliphatic rings. The summed E-state index contributed by atoms with van der Waals surface area (Å²) in [6, 6.07) is 18.8. The van der Waals surface area contributed by atoms with E-state index in [4.69, 9.17) is 4.98 Å². The maximum Gasteiger partial charge on any atom is 0.276 e. The number of imidazole rings is 1. The van der Waals surface area contributed by atoms with Gasteiger partial charge in [0.2, 0.25) is 5.95 Å². The van der Waals surface area contributed by atoms with E-state index in [1.54, 1.807) is 30.6 Å². The highest BCUT2D eigenvalue weighted by Crippen LogP contribution is 2.30. The maximum atomic E-state index is 13.3. The minimum Gasteiger partial charge on any atom is -0.324 e. The van der Waals surface area contributed by atoms with E-state index in [1.165, 1.54) is 16.9 Å². The van der Waals surface area contributed by atoms with Gasteiger partial charge in [0.1, 0.15) is 11.2 Å². The van der Waals surface area contributed by atoms with Crippen LogP contribution in [0.5, 0.6) is 0 Å². The first-order chi connectivity index (χ1) is 20.1. The number of hydrogen-bond donors (Lipinski definition) is 3. The number of benzene rings is 2. The Bertz CT molecular complexity index is 1920. The molecule has 6 aromatic rings. The van der Waals surface area contributed by atoms with Crippen LogP contribution in [0.2, 0.25) is 0 Å². The first-order valence-electron chi connectivity index (χ1n) is 13.1. The predicted octanol–water partition coefficient (Wildman–Crippen LogP) is 5.03. The Kier molecular flexibility index (Phi) is 6.42. The lowest BCUT2D eigenvalue weighted by atomic mass is 10.1. The minimum absolute atomic E-state index is 0.235. The van der Waals surface area contributed by atoms with Gasteiger partial charge >= 0.3 is 0 Å². The van der Waals surface area contributed by atoms with E-state index in [1.807, 2.05) is 42.6 Å².